The summed E-state index contributed by atoms with van der Waals surface area (Å²) in [5.41, 5.74) is 2.42. The van der Waals surface area contributed by atoms with Gasteiger partial charge in [-0.1, -0.05) is 36.4 Å². The van der Waals surface area contributed by atoms with Crippen LogP contribution in [0.2, 0.25) is 0 Å². The molecule has 1 heterocycles. The van der Waals surface area contributed by atoms with Crippen molar-refractivity contribution < 1.29 is 14.0 Å². The maximum atomic E-state index is 13.3. The second kappa shape index (κ2) is 7.05. The van der Waals surface area contributed by atoms with Crippen LogP contribution in [0.4, 0.5) is 4.39 Å². The van der Waals surface area contributed by atoms with E-state index in [4.69, 9.17) is 0 Å². The Bertz CT molecular complexity index is 804. The zero-order valence-corrected chi connectivity index (χ0v) is 14.3. The Hall–Kier alpha value is -2.69. The van der Waals surface area contributed by atoms with Gasteiger partial charge in [-0.15, -0.1) is 0 Å². The van der Waals surface area contributed by atoms with E-state index in [0.29, 0.717) is 12.0 Å². The largest absolute Gasteiger partial charge is 0.350 e. The normalized spacial score (nSPS) is 16.7. The fourth-order valence-electron chi connectivity index (χ4n) is 3.30. The predicted molar refractivity (Wildman–Crippen MR) is 93.1 cm³/mol. The fraction of sp³-hybridized carbons (Fsp3) is 0.300. The number of nitrogens with one attached hydrogen (secondary N) is 1. The van der Waals surface area contributed by atoms with Crippen molar-refractivity contribution in [2.45, 2.75) is 38.9 Å². The van der Waals surface area contributed by atoms with Crippen LogP contribution < -0.4 is 5.32 Å². The van der Waals surface area contributed by atoms with E-state index in [0.717, 1.165) is 11.1 Å². The summed E-state index contributed by atoms with van der Waals surface area (Å²) in [6.45, 7) is 4.02. The van der Waals surface area contributed by atoms with E-state index >= 15 is 0 Å². The van der Waals surface area contributed by atoms with Crippen LogP contribution in [0.1, 0.15) is 36.6 Å². The first kappa shape index (κ1) is 17.1. The van der Waals surface area contributed by atoms with Gasteiger partial charge in [0.1, 0.15) is 11.9 Å². The highest BCUT2D eigenvalue weighted by Gasteiger charge is 2.38. The minimum atomic E-state index is -0.661. The van der Waals surface area contributed by atoms with E-state index in [9.17, 15) is 14.0 Å². The molecule has 4 nitrogen and oxygen atoms in total. The summed E-state index contributed by atoms with van der Waals surface area (Å²) >= 11 is 0. The summed E-state index contributed by atoms with van der Waals surface area (Å²) in [5, 5.41) is 2.84. The molecule has 0 saturated carbocycles. The van der Waals surface area contributed by atoms with Crippen LogP contribution >= 0.6 is 0 Å². The van der Waals surface area contributed by atoms with Crippen LogP contribution in [0.5, 0.6) is 0 Å². The van der Waals surface area contributed by atoms with Gasteiger partial charge in [-0.2, -0.15) is 0 Å². The minimum absolute atomic E-state index is 0.0559. The Morgan fingerprint density at radius 1 is 1.24 bits per heavy atom. The molecule has 0 radical (unpaired) electrons. The second-order valence-corrected chi connectivity index (χ2v) is 6.52. The molecule has 1 atom stereocenters. The summed E-state index contributed by atoms with van der Waals surface area (Å²) in [7, 11) is 0. The number of halogens is 1. The number of hydrogen-bond acceptors (Lipinski definition) is 2. The summed E-state index contributed by atoms with van der Waals surface area (Å²) in [5.74, 6) is -0.646. The maximum Gasteiger partial charge on any atom is 0.247 e. The average molecular weight is 340 g/mol. The molecule has 2 amide bonds. The lowest BCUT2D eigenvalue weighted by molar-refractivity contribution is -0.143. The Kier molecular flexibility index (Phi) is 4.83. The van der Waals surface area contributed by atoms with Gasteiger partial charge in [0, 0.05) is 12.6 Å². The van der Waals surface area contributed by atoms with Crippen LogP contribution in [-0.2, 0) is 22.6 Å². The Balaban J connectivity index is 1.86. The van der Waals surface area contributed by atoms with Gasteiger partial charge in [0.05, 0.1) is 6.42 Å². The first-order valence-electron chi connectivity index (χ1n) is 8.38. The zero-order valence-electron chi connectivity index (χ0n) is 14.3. The number of rotatable bonds is 4. The third-order valence-corrected chi connectivity index (χ3v) is 4.42. The lowest BCUT2D eigenvalue weighted by atomic mass is 9.90. The zero-order chi connectivity index (χ0) is 18.0. The van der Waals surface area contributed by atoms with Crippen LogP contribution in [0.15, 0.2) is 48.5 Å². The quantitative estimate of drug-likeness (QED) is 0.930. The second-order valence-electron chi connectivity index (χ2n) is 6.52. The number of fused-ring (bicyclic) bond motifs is 1. The number of amides is 2. The van der Waals surface area contributed by atoms with Gasteiger partial charge in [-0.3, -0.25) is 9.59 Å². The third-order valence-electron chi connectivity index (χ3n) is 4.42. The van der Waals surface area contributed by atoms with Crippen LogP contribution in [0.3, 0.4) is 0 Å². The lowest BCUT2D eigenvalue weighted by Crippen LogP contribution is -2.50. The van der Waals surface area contributed by atoms with Crippen molar-refractivity contribution in [1.29, 1.82) is 0 Å². The third kappa shape index (κ3) is 3.55. The van der Waals surface area contributed by atoms with Crippen LogP contribution in [-0.4, -0.2) is 22.8 Å². The molecule has 25 heavy (non-hydrogen) atoms. The van der Waals surface area contributed by atoms with E-state index in [1.807, 2.05) is 38.1 Å². The molecule has 0 spiro atoms. The Morgan fingerprint density at radius 2 is 2.00 bits per heavy atom. The van der Waals surface area contributed by atoms with E-state index in [1.54, 1.807) is 17.0 Å². The van der Waals surface area contributed by atoms with Crippen molar-refractivity contribution in [3.05, 3.63) is 71.0 Å². The predicted octanol–water partition coefficient (Wildman–Crippen LogP) is 2.98. The SMILES string of the molecule is CC(C)N1C(=O)Cc2ccccc2[C@H]1C(=O)NCc1cccc(F)c1. The molecule has 0 unspecified atom stereocenters. The van der Waals surface area contributed by atoms with Gasteiger partial charge in [0.25, 0.3) is 0 Å². The molecule has 130 valence electrons. The van der Waals surface area contributed by atoms with Gasteiger partial charge in [-0.25, -0.2) is 4.39 Å². The first-order valence-corrected chi connectivity index (χ1v) is 8.38. The Labute approximate surface area is 146 Å². The first-order chi connectivity index (χ1) is 12.0. The van der Waals surface area contributed by atoms with E-state index < -0.39 is 6.04 Å². The lowest BCUT2D eigenvalue weighted by Gasteiger charge is -2.39. The molecule has 0 fully saturated rings. The average Bonchev–Trinajstić information content (AvgIpc) is 2.58. The minimum Gasteiger partial charge on any atom is -0.350 e. The maximum absolute atomic E-state index is 13.3. The number of nitrogens with zero attached hydrogens (tertiary/aromatic N) is 1. The monoisotopic (exact) mass is 340 g/mol. The van der Waals surface area contributed by atoms with Crippen LogP contribution in [0, 0.1) is 5.82 Å². The molecule has 2 aromatic rings. The van der Waals surface area contributed by atoms with Crippen molar-refractivity contribution in [3.63, 3.8) is 0 Å². The Morgan fingerprint density at radius 3 is 2.72 bits per heavy atom. The molecule has 3 rings (SSSR count). The highest BCUT2D eigenvalue weighted by molar-refractivity contribution is 5.92. The summed E-state index contributed by atoms with van der Waals surface area (Å²) in [6.07, 6.45) is 0.308. The molecule has 0 saturated heterocycles. The number of hydrogen-bond donors (Lipinski definition) is 1. The van der Waals surface area contributed by atoms with Gasteiger partial charge in [-0.05, 0) is 42.7 Å². The van der Waals surface area contributed by atoms with Crippen molar-refractivity contribution >= 4 is 11.8 Å². The van der Waals surface area contributed by atoms with Gasteiger partial charge in [0.15, 0.2) is 0 Å². The smallest absolute Gasteiger partial charge is 0.247 e. The molecule has 0 aromatic heterocycles. The molecular weight excluding hydrogens is 319 g/mol. The molecule has 1 aliphatic heterocycles. The number of benzene rings is 2. The van der Waals surface area contributed by atoms with E-state index in [2.05, 4.69) is 5.32 Å². The van der Waals surface area contributed by atoms with E-state index in [1.165, 1.54) is 12.1 Å². The molecule has 1 aliphatic rings. The number of carbonyl (C=O) groups is 2. The van der Waals surface area contributed by atoms with Crippen molar-refractivity contribution in [2.24, 2.45) is 0 Å². The summed E-state index contributed by atoms with van der Waals surface area (Å²) in [4.78, 5) is 27.0. The van der Waals surface area contributed by atoms with E-state index in [-0.39, 0.29) is 30.2 Å². The highest BCUT2D eigenvalue weighted by atomic mass is 19.1. The molecule has 2 aromatic carbocycles. The number of carbonyl (C=O) groups excluding carboxylic acids is 2. The molecule has 0 aliphatic carbocycles. The molecular formula is C20H21FN2O2. The molecule has 5 heteroatoms. The standard InChI is InChI=1S/C20H21FN2O2/c1-13(2)23-18(24)11-15-7-3-4-9-17(15)19(23)20(25)22-12-14-6-5-8-16(21)10-14/h3-10,13,19H,11-12H2,1-2H3,(H,22,25)/t19-/m0/s1. The summed E-state index contributed by atoms with van der Waals surface area (Å²) in [6, 6.07) is 12.9. The summed E-state index contributed by atoms with van der Waals surface area (Å²) < 4.78 is 13.3. The van der Waals surface area contributed by atoms with Gasteiger partial charge < -0.3 is 10.2 Å². The van der Waals surface area contributed by atoms with Crippen molar-refractivity contribution in [1.82, 2.24) is 10.2 Å². The molecule has 1 N–H and O–H groups in total. The van der Waals surface area contributed by atoms with Crippen LogP contribution in [0.25, 0.3) is 0 Å². The highest BCUT2D eigenvalue weighted by Crippen LogP contribution is 2.32. The fourth-order valence-corrected chi connectivity index (χ4v) is 3.30. The van der Waals surface area contributed by atoms with Crippen molar-refractivity contribution in [2.75, 3.05) is 0 Å². The topological polar surface area (TPSA) is 49.4 Å². The molecule has 0 bridgehead atoms. The van der Waals surface area contributed by atoms with Gasteiger partial charge >= 0.3 is 0 Å². The van der Waals surface area contributed by atoms with Gasteiger partial charge in [0.2, 0.25) is 11.8 Å². The van der Waals surface area contributed by atoms with Crippen molar-refractivity contribution in [3.8, 4) is 0 Å².